The number of hydrogen-bond acceptors (Lipinski definition) is 4. The molecule has 3 aromatic rings. The summed E-state index contributed by atoms with van der Waals surface area (Å²) in [5.74, 6) is -0.293. The zero-order valence-electron chi connectivity index (χ0n) is 11.6. The summed E-state index contributed by atoms with van der Waals surface area (Å²) in [4.78, 5) is 23.7. The van der Waals surface area contributed by atoms with E-state index in [4.69, 9.17) is 0 Å². The van der Waals surface area contributed by atoms with E-state index in [0.29, 0.717) is 17.8 Å². The molecule has 0 aliphatic rings. The molecular formula is C13H14N6O2. The third-order valence-electron chi connectivity index (χ3n) is 3.22. The van der Waals surface area contributed by atoms with Crippen molar-refractivity contribution in [3.05, 3.63) is 51.8 Å². The maximum Gasteiger partial charge on any atom is 0.347 e. The number of aromatic amines is 1. The topological polar surface area (TPSA) is 97.1 Å². The van der Waals surface area contributed by atoms with Crippen LogP contribution in [0.15, 0.2) is 29.2 Å². The molecule has 3 rings (SSSR count). The Kier molecular flexibility index (Phi) is 3.05. The quantitative estimate of drug-likeness (QED) is 0.708. The SMILES string of the molecule is Cc1cc(CNC(=O)c2cccn3c(=O)[nH]nc23)n(C)n1. The van der Waals surface area contributed by atoms with Gasteiger partial charge in [0.2, 0.25) is 0 Å². The Morgan fingerprint density at radius 2 is 2.29 bits per heavy atom. The summed E-state index contributed by atoms with van der Waals surface area (Å²) < 4.78 is 3.01. The van der Waals surface area contributed by atoms with E-state index in [-0.39, 0.29) is 11.6 Å². The number of nitrogens with zero attached hydrogens (tertiary/aromatic N) is 4. The van der Waals surface area contributed by atoms with Gasteiger partial charge in [-0.2, -0.15) is 10.2 Å². The smallest absolute Gasteiger partial charge is 0.346 e. The highest BCUT2D eigenvalue weighted by molar-refractivity contribution is 5.99. The Morgan fingerprint density at radius 3 is 3.00 bits per heavy atom. The third kappa shape index (κ3) is 2.31. The minimum Gasteiger partial charge on any atom is -0.346 e. The van der Waals surface area contributed by atoms with Gasteiger partial charge in [0.1, 0.15) is 0 Å². The number of H-pyrrole nitrogens is 1. The normalized spacial score (nSPS) is 11.0. The molecule has 108 valence electrons. The highest BCUT2D eigenvalue weighted by Crippen LogP contribution is 2.07. The number of carbonyl (C=O) groups is 1. The van der Waals surface area contributed by atoms with Gasteiger partial charge in [-0.3, -0.25) is 9.48 Å². The van der Waals surface area contributed by atoms with Crippen molar-refractivity contribution >= 4 is 11.6 Å². The van der Waals surface area contributed by atoms with Crippen molar-refractivity contribution in [1.82, 2.24) is 29.7 Å². The zero-order valence-corrected chi connectivity index (χ0v) is 11.6. The van der Waals surface area contributed by atoms with Crippen LogP contribution in [0.1, 0.15) is 21.7 Å². The molecule has 0 saturated carbocycles. The van der Waals surface area contributed by atoms with Gasteiger partial charge in [0.05, 0.1) is 23.5 Å². The molecular weight excluding hydrogens is 272 g/mol. The fraction of sp³-hybridized carbons (Fsp3) is 0.231. The van der Waals surface area contributed by atoms with Crippen molar-refractivity contribution in [2.45, 2.75) is 13.5 Å². The first-order valence-corrected chi connectivity index (χ1v) is 6.40. The van der Waals surface area contributed by atoms with Crippen LogP contribution in [-0.2, 0) is 13.6 Å². The highest BCUT2D eigenvalue weighted by Gasteiger charge is 2.13. The summed E-state index contributed by atoms with van der Waals surface area (Å²) in [5.41, 5.74) is 2.06. The first-order valence-electron chi connectivity index (χ1n) is 6.40. The van der Waals surface area contributed by atoms with Crippen molar-refractivity contribution in [1.29, 1.82) is 0 Å². The molecule has 0 unspecified atom stereocenters. The van der Waals surface area contributed by atoms with Gasteiger partial charge in [-0.15, -0.1) is 0 Å². The molecule has 0 spiro atoms. The number of aryl methyl sites for hydroxylation is 2. The second-order valence-corrected chi connectivity index (χ2v) is 4.73. The molecule has 2 N–H and O–H groups in total. The largest absolute Gasteiger partial charge is 0.347 e. The number of aromatic nitrogens is 5. The summed E-state index contributed by atoms with van der Waals surface area (Å²) >= 11 is 0. The van der Waals surface area contributed by atoms with Gasteiger partial charge in [-0.1, -0.05) is 0 Å². The first kappa shape index (κ1) is 13.1. The summed E-state index contributed by atoms with van der Waals surface area (Å²) in [5, 5.41) is 13.2. The number of carbonyl (C=O) groups excluding carboxylic acids is 1. The molecule has 0 radical (unpaired) electrons. The lowest BCUT2D eigenvalue weighted by Crippen LogP contribution is -2.25. The molecule has 0 bridgehead atoms. The Bertz CT molecular complexity index is 872. The van der Waals surface area contributed by atoms with Crippen LogP contribution in [0.4, 0.5) is 0 Å². The number of amides is 1. The maximum atomic E-state index is 12.2. The third-order valence-corrected chi connectivity index (χ3v) is 3.22. The zero-order chi connectivity index (χ0) is 15.0. The minimum atomic E-state index is -0.373. The van der Waals surface area contributed by atoms with Crippen LogP contribution in [0, 0.1) is 6.92 Å². The summed E-state index contributed by atoms with van der Waals surface area (Å²) in [6, 6.07) is 5.16. The van der Waals surface area contributed by atoms with Gasteiger partial charge < -0.3 is 5.32 Å². The van der Waals surface area contributed by atoms with E-state index in [9.17, 15) is 9.59 Å². The Balaban J connectivity index is 1.84. The molecule has 0 aliphatic heterocycles. The van der Waals surface area contributed by atoms with Crippen molar-refractivity contribution in [2.75, 3.05) is 0 Å². The molecule has 0 atom stereocenters. The fourth-order valence-corrected chi connectivity index (χ4v) is 2.21. The van der Waals surface area contributed by atoms with Crippen LogP contribution in [-0.4, -0.2) is 30.3 Å². The first-order chi connectivity index (χ1) is 10.1. The van der Waals surface area contributed by atoms with Crippen molar-refractivity contribution in [3.63, 3.8) is 0 Å². The molecule has 0 aromatic carbocycles. The van der Waals surface area contributed by atoms with Crippen molar-refractivity contribution < 1.29 is 4.79 Å². The van der Waals surface area contributed by atoms with Crippen LogP contribution >= 0.6 is 0 Å². The van der Waals surface area contributed by atoms with E-state index < -0.39 is 0 Å². The number of hydrogen-bond donors (Lipinski definition) is 2. The van der Waals surface area contributed by atoms with E-state index in [1.54, 1.807) is 23.0 Å². The van der Waals surface area contributed by atoms with E-state index in [1.165, 1.54) is 4.40 Å². The van der Waals surface area contributed by atoms with E-state index in [2.05, 4.69) is 20.6 Å². The lowest BCUT2D eigenvalue weighted by molar-refractivity contribution is 0.0951. The number of rotatable bonds is 3. The predicted molar refractivity (Wildman–Crippen MR) is 74.9 cm³/mol. The van der Waals surface area contributed by atoms with Gasteiger partial charge >= 0.3 is 5.69 Å². The average molecular weight is 286 g/mol. The average Bonchev–Trinajstić information content (AvgIpc) is 2.99. The molecule has 0 fully saturated rings. The summed E-state index contributed by atoms with van der Waals surface area (Å²) in [7, 11) is 1.82. The minimum absolute atomic E-state index is 0.293. The van der Waals surface area contributed by atoms with Gasteiger partial charge in [-0.05, 0) is 25.1 Å². The van der Waals surface area contributed by atoms with Gasteiger partial charge in [0.15, 0.2) is 5.65 Å². The number of pyridine rings is 1. The monoisotopic (exact) mass is 286 g/mol. The Hall–Kier alpha value is -2.90. The predicted octanol–water partition coefficient (Wildman–Crippen LogP) is -0.00548. The fourth-order valence-electron chi connectivity index (χ4n) is 2.21. The highest BCUT2D eigenvalue weighted by atomic mass is 16.2. The molecule has 8 heteroatoms. The van der Waals surface area contributed by atoms with Gasteiger partial charge in [-0.25, -0.2) is 14.3 Å². The molecule has 1 amide bonds. The Labute approximate surface area is 119 Å². The lowest BCUT2D eigenvalue weighted by Gasteiger charge is -2.06. The number of nitrogens with one attached hydrogen (secondary N) is 2. The molecule has 3 aromatic heterocycles. The van der Waals surface area contributed by atoms with Crippen molar-refractivity contribution in [3.8, 4) is 0 Å². The van der Waals surface area contributed by atoms with Gasteiger partial charge in [0, 0.05) is 13.2 Å². The van der Waals surface area contributed by atoms with Crippen LogP contribution in [0.25, 0.3) is 5.65 Å². The molecule has 0 aliphatic carbocycles. The maximum absolute atomic E-state index is 12.2. The Morgan fingerprint density at radius 1 is 1.48 bits per heavy atom. The second kappa shape index (κ2) is 4.89. The van der Waals surface area contributed by atoms with E-state index >= 15 is 0 Å². The molecule has 8 nitrogen and oxygen atoms in total. The van der Waals surface area contributed by atoms with E-state index in [1.807, 2.05) is 20.0 Å². The summed E-state index contributed by atoms with van der Waals surface area (Å²) in [6.07, 6.45) is 1.56. The van der Waals surface area contributed by atoms with Crippen LogP contribution in [0.2, 0.25) is 0 Å². The molecule has 3 heterocycles. The van der Waals surface area contributed by atoms with Crippen LogP contribution in [0.5, 0.6) is 0 Å². The summed E-state index contributed by atoms with van der Waals surface area (Å²) in [6.45, 7) is 2.24. The van der Waals surface area contributed by atoms with Crippen molar-refractivity contribution in [2.24, 2.45) is 7.05 Å². The molecule has 0 saturated heterocycles. The van der Waals surface area contributed by atoms with E-state index in [0.717, 1.165) is 11.4 Å². The lowest BCUT2D eigenvalue weighted by atomic mass is 10.2. The second-order valence-electron chi connectivity index (χ2n) is 4.73. The molecule has 21 heavy (non-hydrogen) atoms. The standard InChI is InChI=1S/C13H14N6O2/c1-8-6-9(18(2)17-8)7-14-12(20)10-4-3-5-19-11(10)15-16-13(19)21/h3-6H,7H2,1-2H3,(H,14,20)(H,16,21). The number of fused-ring (bicyclic) bond motifs is 1. The van der Waals surface area contributed by atoms with Gasteiger partial charge in [0.25, 0.3) is 5.91 Å². The van der Waals surface area contributed by atoms with Crippen LogP contribution < -0.4 is 11.0 Å². The van der Waals surface area contributed by atoms with Crippen LogP contribution in [0.3, 0.4) is 0 Å².